The summed E-state index contributed by atoms with van der Waals surface area (Å²) in [6.45, 7) is 4.68. The van der Waals surface area contributed by atoms with E-state index in [1.807, 2.05) is 0 Å². The molecule has 1 saturated carbocycles. The van der Waals surface area contributed by atoms with Gasteiger partial charge < -0.3 is 4.90 Å². The van der Waals surface area contributed by atoms with Crippen LogP contribution in [0.2, 0.25) is 0 Å². The number of aryl methyl sites for hydroxylation is 1. The molecule has 4 rings (SSSR count). The minimum atomic E-state index is 0.588. The molecule has 0 aliphatic heterocycles. The SMILES string of the molecule is Cc1ccc2c(c1N(c1ccccc1)C1CCCCC1)[C@@H](C)CC=C2. The van der Waals surface area contributed by atoms with E-state index >= 15 is 0 Å². The monoisotopic (exact) mass is 331 g/mol. The molecule has 0 amide bonds. The molecule has 0 aromatic heterocycles. The molecular weight excluding hydrogens is 302 g/mol. The number of para-hydroxylation sites is 1. The van der Waals surface area contributed by atoms with Crippen molar-refractivity contribution in [1.29, 1.82) is 0 Å². The average molecular weight is 332 g/mol. The molecule has 1 fully saturated rings. The van der Waals surface area contributed by atoms with Crippen LogP contribution in [0.25, 0.3) is 6.08 Å². The zero-order valence-electron chi connectivity index (χ0n) is 15.5. The number of nitrogens with zero attached hydrogens (tertiary/aromatic N) is 1. The Morgan fingerprint density at radius 3 is 2.44 bits per heavy atom. The lowest BCUT2D eigenvalue weighted by atomic mass is 9.84. The van der Waals surface area contributed by atoms with E-state index in [-0.39, 0.29) is 0 Å². The van der Waals surface area contributed by atoms with Crippen LogP contribution in [0.3, 0.4) is 0 Å². The number of allylic oxidation sites excluding steroid dienone is 1. The maximum Gasteiger partial charge on any atom is 0.0484 e. The maximum absolute atomic E-state index is 2.68. The highest BCUT2D eigenvalue weighted by Gasteiger charge is 2.28. The number of hydrogen-bond donors (Lipinski definition) is 0. The molecule has 1 nitrogen and oxygen atoms in total. The fourth-order valence-electron chi connectivity index (χ4n) is 4.68. The Labute approximate surface area is 152 Å². The first-order valence-corrected chi connectivity index (χ1v) is 9.90. The minimum Gasteiger partial charge on any atom is -0.338 e. The molecule has 2 aromatic rings. The van der Waals surface area contributed by atoms with Gasteiger partial charge in [-0.3, -0.25) is 0 Å². The summed E-state index contributed by atoms with van der Waals surface area (Å²) >= 11 is 0. The van der Waals surface area contributed by atoms with Gasteiger partial charge in [0.2, 0.25) is 0 Å². The number of hydrogen-bond acceptors (Lipinski definition) is 1. The topological polar surface area (TPSA) is 3.24 Å². The van der Waals surface area contributed by atoms with Crippen LogP contribution in [0.15, 0.2) is 48.5 Å². The summed E-state index contributed by atoms with van der Waals surface area (Å²) in [5.74, 6) is 0.588. The summed E-state index contributed by atoms with van der Waals surface area (Å²) in [5.41, 5.74) is 7.21. The molecule has 1 atom stereocenters. The Morgan fingerprint density at radius 2 is 1.68 bits per heavy atom. The van der Waals surface area contributed by atoms with Gasteiger partial charge >= 0.3 is 0 Å². The molecule has 0 bridgehead atoms. The molecule has 2 aliphatic rings. The van der Waals surface area contributed by atoms with Gasteiger partial charge in [0.1, 0.15) is 0 Å². The summed E-state index contributed by atoms with van der Waals surface area (Å²) in [6.07, 6.45) is 12.5. The van der Waals surface area contributed by atoms with E-state index in [1.165, 1.54) is 54.6 Å². The molecule has 2 aromatic carbocycles. The predicted octanol–water partition coefficient (Wildman–Crippen LogP) is 6.99. The van der Waals surface area contributed by atoms with Crippen molar-refractivity contribution in [3.05, 3.63) is 65.2 Å². The standard InChI is InChI=1S/C24H29N/c1-18-10-9-11-20-17-16-19(2)24(23(18)20)25(21-12-5-3-6-13-21)22-14-7-4-8-15-22/h3,5-6,9,11-13,16-18,22H,4,7-8,10,14-15H2,1-2H3/t18-/m0/s1. The molecule has 1 heteroatoms. The van der Waals surface area contributed by atoms with Crippen molar-refractivity contribution in [2.45, 2.75) is 64.3 Å². The molecular formula is C24H29N. The third-order valence-corrected chi connectivity index (χ3v) is 5.95. The second-order valence-electron chi connectivity index (χ2n) is 7.77. The quantitative estimate of drug-likeness (QED) is 0.586. The van der Waals surface area contributed by atoms with Crippen molar-refractivity contribution >= 4 is 17.5 Å². The van der Waals surface area contributed by atoms with Crippen LogP contribution >= 0.6 is 0 Å². The zero-order valence-corrected chi connectivity index (χ0v) is 15.5. The summed E-state index contributed by atoms with van der Waals surface area (Å²) < 4.78 is 0. The van der Waals surface area contributed by atoms with E-state index in [0.717, 1.165) is 6.42 Å². The normalized spacial score (nSPS) is 20.3. The molecule has 0 N–H and O–H groups in total. The lowest BCUT2D eigenvalue weighted by Gasteiger charge is -2.40. The van der Waals surface area contributed by atoms with Crippen LogP contribution in [0.5, 0.6) is 0 Å². The highest BCUT2D eigenvalue weighted by atomic mass is 15.2. The first kappa shape index (κ1) is 16.4. The van der Waals surface area contributed by atoms with Crippen molar-refractivity contribution in [3.8, 4) is 0 Å². The largest absolute Gasteiger partial charge is 0.338 e. The Bertz CT molecular complexity index is 753. The van der Waals surface area contributed by atoms with Gasteiger partial charge in [0.05, 0.1) is 0 Å². The third kappa shape index (κ3) is 3.13. The van der Waals surface area contributed by atoms with Gasteiger partial charge in [0, 0.05) is 17.4 Å². The van der Waals surface area contributed by atoms with E-state index in [2.05, 4.69) is 73.4 Å². The van der Waals surface area contributed by atoms with Gasteiger partial charge in [-0.1, -0.05) is 68.7 Å². The fraction of sp³-hybridized carbons (Fsp3) is 0.417. The summed E-state index contributed by atoms with van der Waals surface area (Å²) in [4.78, 5) is 2.68. The summed E-state index contributed by atoms with van der Waals surface area (Å²) in [5, 5.41) is 0. The van der Waals surface area contributed by atoms with E-state index in [9.17, 15) is 0 Å². The van der Waals surface area contributed by atoms with Crippen LogP contribution in [0, 0.1) is 6.92 Å². The van der Waals surface area contributed by atoms with E-state index in [4.69, 9.17) is 0 Å². The minimum absolute atomic E-state index is 0.588. The fourth-order valence-corrected chi connectivity index (χ4v) is 4.68. The summed E-state index contributed by atoms with van der Waals surface area (Å²) in [6, 6.07) is 16.3. The summed E-state index contributed by atoms with van der Waals surface area (Å²) in [7, 11) is 0. The van der Waals surface area contributed by atoms with Gasteiger partial charge in [-0.05, 0) is 60.9 Å². The van der Waals surface area contributed by atoms with Gasteiger partial charge in [-0.15, -0.1) is 0 Å². The van der Waals surface area contributed by atoms with Crippen LogP contribution in [0.1, 0.15) is 68.1 Å². The van der Waals surface area contributed by atoms with Crippen molar-refractivity contribution in [2.24, 2.45) is 0 Å². The Balaban J connectivity index is 1.89. The number of benzene rings is 2. The van der Waals surface area contributed by atoms with Crippen LogP contribution in [-0.2, 0) is 0 Å². The van der Waals surface area contributed by atoms with E-state index in [0.29, 0.717) is 12.0 Å². The van der Waals surface area contributed by atoms with Crippen LogP contribution in [0.4, 0.5) is 11.4 Å². The molecule has 0 saturated heterocycles. The number of anilines is 2. The van der Waals surface area contributed by atoms with Gasteiger partial charge in [0.15, 0.2) is 0 Å². The Hall–Kier alpha value is -2.02. The van der Waals surface area contributed by atoms with Crippen molar-refractivity contribution < 1.29 is 0 Å². The maximum atomic E-state index is 2.68. The smallest absolute Gasteiger partial charge is 0.0484 e. The van der Waals surface area contributed by atoms with E-state index in [1.54, 1.807) is 5.56 Å². The third-order valence-electron chi connectivity index (χ3n) is 5.95. The Morgan fingerprint density at radius 1 is 0.920 bits per heavy atom. The van der Waals surface area contributed by atoms with Crippen LogP contribution in [-0.4, -0.2) is 6.04 Å². The van der Waals surface area contributed by atoms with Crippen molar-refractivity contribution in [1.82, 2.24) is 0 Å². The molecule has 0 unspecified atom stereocenters. The van der Waals surface area contributed by atoms with Crippen LogP contribution < -0.4 is 4.90 Å². The van der Waals surface area contributed by atoms with Gasteiger partial charge in [0.25, 0.3) is 0 Å². The van der Waals surface area contributed by atoms with Gasteiger partial charge in [-0.2, -0.15) is 0 Å². The van der Waals surface area contributed by atoms with E-state index < -0.39 is 0 Å². The number of rotatable bonds is 3. The number of fused-ring (bicyclic) bond motifs is 1. The van der Waals surface area contributed by atoms with Crippen molar-refractivity contribution in [2.75, 3.05) is 4.90 Å². The molecule has 0 spiro atoms. The first-order valence-electron chi connectivity index (χ1n) is 9.90. The lowest BCUT2D eigenvalue weighted by molar-refractivity contribution is 0.435. The predicted molar refractivity (Wildman–Crippen MR) is 109 cm³/mol. The molecule has 25 heavy (non-hydrogen) atoms. The molecule has 0 radical (unpaired) electrons. The average Bonchev–Trinajstić information content (AvgIpc) is 2.66. The highest BCUT2D eigenvalue weighted by Crippen LogP contribution is 2.44. The Kier molecular flexibility index (Phi) is 4.65. The lowest BCUT2D eigenvalue weighted by Crippen LogP contribution is -2.34. The second kappa shape index (κ2) is 7.07. The second-order valence-corrected chi connectivity index (χ2v) is 7.77. The zero-order chi connectivity index (χ0) is 17.2. The van der Waals surface area contributed by atoms with Crippen molar-refractivity contribution in [3.63, 3.8) is 0 Å². The molecule has 0 heterocycles. The first-order chi connectivity index (χ1) is 12.3. The highest BCUT2D eigenvalue weighted by molar-refractivity contribution is 5.77. The molecule has 2 aliphatic carbocycles. The van der Waals surface area contributed by atoms with Gasteiger partial charge in [-0.25, -0.2) is 0 Å². The molecule has 130 valence electrons.